The molecule has 1 atom stereocenters. The minimum absolute atomic E-state index is 0.00424. The normalized spacial score (nSPS) is 30.5. The molecule has 0 amide bonds. The number of hydrogen-bond acceptors (Lipinski definition) is 1. The Morgan fingerprint density at radius 2 is 1.85 bits per heavy atom. The van der Waals surface area contributed by atoms with E-state index in [9.17, 15) is 8.78 Å². The van der Waals surface area contributed by atoms with Gasteiger partial charge in [-0.1, -0.05) is 0 Å². The molecule has 1 aliphatic rings. The molecule has 0 radical (unpaired) electrons. The Kier molecular flexibility index (Phi) is 2.68. The molecule has 1 heterocycles. The number of nitrogens with zero attached hydrogens (tertiary/aromatic N) is 1. The Balaban J connectivity index is 2.64. The summed E-state index contributed by atoms with van der Waals surface area (Å²) in [6.07, 6.45) is 0.0128. The molecule has 0 bridgehead atoms. The molecule has 3 heteroatoms. The third-order valence-electron chi connectivity index (χ3n) is 2.71. The molecule has 0 saturated carbocycles. The lowest BCUT2D eigenvalue weighted by atomic mass is 9.93. The fraction of sp³-hybridized carbons (Fsp3) is 1.00. The van der Waals surface area contributed by atoms with E-state index in [1.807, 2.05) is 6.92 Å². The highest BCUT2D eigenvalue weighted by Gasteiger charge is 2.41. The Morgan fingerprint density at radius 1 is 1.31 bits per heavy atom. The third kappa shape index (κ3) is 2.63. The zero-order valence-electron chi connectivity index (χ0n) is 8.90. The molecule has 0 aromatic rings. The van der Waals surface area contributed by atoms with E-state index in [-0.39, 0.29) is 24.4 Å². The van der Waals surface area contributed by atoms with Gasteiger partial charge in [-0.05, 0) is 27.7 Å². The largest absolute Gasteiger partial charge is 0.295 e. The van der Waals surface area contributed by atoms with Crippen molar-refractivity contribution in [2.45, 2.75) is 58.0 Å². The number of piperidine rings is 1. The van der Waals surface area contributed by atoms with E-state index < -0.39 is 5.92 Å². The van der Waals surface area contributed by atoms with Gasteiger partial charge in [0.1, 0.15) is 0 Å². The van der Waals surface area contributed by atoms with Crippen LogP contribution in [0.4, 0.5) is 8.78 Å². The zero-order chi connectivity index (χ0) is 10.3. The lowest BCUT2D eigenvalue weighted by Gasteiger charge is -2.45. The Hall–Kier alpha value is -0.180. The molecule has 0 aromatic carbocycles. The molecule has 0 aromatic heterocycles. The topological polar surface area (TPSA) is 3.24 Å². The summed E-state index contributed by atoms with van der Waals surface area (Å²) in [4.78, 5) is 2.16. The summed E-state index contributed by atoms with van der Waals surface area (Å²) in [5.74, 6) is -2.44. The first kappa shape index (κ1) is 10.9. The van der Waals surface area contributed by atoms with Gasteiger partial charge >= 0.3 is 0 Å². The number of likely N-dealkylation sites (tertiary alicyclic amines) is 1. The van der Waals surface area contributed by atoms with Gasteiger partial charge in [0.2, 0.25) is 0 Å². The lowest BCUT2D eigenvalue weighted by molar-refractivity contribution is -0.0941. The summed E-state index contributed by atoms with van der Waals surface area (Å²) >= 11 is 0. The number of hydrogen-bond donors (Lipinski definition) is 0. The molecule has 0 aliphatic carbocycles. The smallest absolute Gasteiger partial charge is 0.250 e. The summed E-state index contributed by atoms with van der Waals surface area (Å²) in [6, 6.07) is -0.0104. The van der Waals surface area contributed by atoms with Crippen LogP contribution in [0.25, 0.3) is 0 Å². The van der Waals surface area contributed by atoms with Crippen LogP contribution in [-0.4, -0.2) is 28.9 Å². The lowest BCUT2D eigenvalue weighted by Crippen LogP contribution is -2.53. The second kappa shape index (κ2) is 3.19. The molecule has 78 valence electrons. The predicted octanol–water partition coefficient (Wildman–Crippen LogP) is 2.90. The van der Waals surface area contributed by atoms with Crippen molar-refractivity contribution in [1.29, 1.82) is 0 Å². The zero-order valence-corrected chi connectivity index (χ0v) is 8.90. The van der Waals surface area contributed by atoms with Crippen molar-refractivity contribution in [3.63, 3.8) is 0 Å². The van der Waals surface area contributed by atoms with Gasteiger partial charge in [0.05, 0.1) is 0 Å². The van der Waals surface area contributed by atoms with Crippen LogP contribution < -0.4 is 0 Å². The van der Waals surface area contributed by atoms with Crippen molar-refractivity contribution in [2.24, 2.45) is 0 Å². The van der Waals surface area contributed by atoms with Crippen molar-refractivity contribution >= 4 is 0 Å². The highest BCUT2D eigenvalue weighted by Crippen LogP contribution is 2.34. The molecule has 1 saturated heterocycles. The van der Waals surface area contributed by atoms with Gasteiger partial charge in [-0.2, -0.15) is 0 Å². The van der Waals surface area contributed by atoms with Gasteiger partial charge < -0.3 is 0 Å². The Bertz CT molecular complexity index is 184. The molecule has 1 fully saturated rings. The van der Waals surface area contributed by atoms with Crippen LogP contribution in [0, 0.1) is 0 Å². The van der Waals surface area contributed by atoms with Crippen LogP contribution in [0.1, 0.15) is 40.5 Å². The molecular formula is C10H19F2N. The van der Waals surface area contributed by atoms with E-state index >= 15 is 0 Å². The van der Waals surface area contributed by atoms with Crippen molar-refractivity contribution in [3.8, 4) is 0 Å². The van der Waals surface area contributed by atoms with Crippen LogP contribution in [-0.2, 0) is 0 Å². The molecule has 0 N–H and O–H groups in total. The van der Waals surface area contributed by atoms with Crippen LogP contribution in [0.3, 0.4) is 0 Å². The quantitative estimate of drug-likeness (QED) is 0.569. The summed E-state index contributed by atoms with van der Waals surface area (Å²) < 4.78 is 26.0. The Labute approximate surface area is 79.1 Å². The molecule has 0 spiro atoms. The Morgan fingerprint density at radius 3 is 2.23 bits per heavy atom. The van der Waals surface area contributed by atoms with Crippen molar-refractivity contribution < 1.29 is 8.78 Å². The first-order valence-corrected chi connectivity index (χ1v) is 4.87. The van der Waals surface area contributed by atoms with E-state index in [0.29, 0.717) is 6.54 Å². The van der Waals surface area contributed by atoms with Gasteiger partial charge in [-0.15, -0.1) is 0 Å². The van der Waals surface area contributed by atoms with Crippen molar-refractivity contribution in [2.75, 3.05) is 6.54 Å². The molecule has 1 aliphatic heterocycles. The van der Waals surface area contributed by atoms with Gasteiger partial charge in [-0.3, -0.25) is 4.90 Å². The minimum Gasteiger partial charge on any atom is -0.295 e. The molecule has 1 rings (SSSR count). The van der Waals surface area contributed by atoms with E-state index in [2.05, 4.69) is 25.7 Å². The second-order valence-electron chi connectivity index (χ2n) is 5.02. The highest BCUT2D eigenvalue weighted by molar-refractivity contribution is 4.89. The summed E-state index contributed by atoms with van der Waals surface area (Å²) in [7, 11) is 0. The van der Waals surface area contributed by atoms with Gasteiger partial charge in [0.25, 0.3) is 5.92 Å². The standard InChI is InChI=1S/C10H19F2N/c1-8-7-10(11,12)5-6-13(8)9(2,3)4/h8H,5-7H2,1-4H3/t8-/m1/s1. The maximum absolute atomic E-state index is 13.0. The van der Waals surface area contributed by atoms with Crippen LogP contribution >= 0.6 is 0 Å². The molecule has 0 unspecified atom stereocenters. The summed E-state index contributed by atoms with van der Waals surface area (Å²) in [5.41, 5.74) is 0.00984. The van der Waals surface area contributed by atoms with Gasteiger partial charge in [-0.25, -0.2) is 8.78 Å². The van der Waals surface area contributed by atoms with Crippen LogP contribution in [0.5, 0.6) is 0 Å². The number of alkyl halides is 2. The van der Waals surface area contributed by atoms with Crippen LogP contribution in [0.15, 0.2) is 0 Å². The van der Waals surface area contributed by atoms with E-state index in [1.165, 1.54) is 0 Å². The summed E-state index contributed by atoms with van der Waals surface area (Å²) in [5, 5.41) is 0. The van der Waals surface area contributed by atoms with E-state index in [4.69, 9.17) is 0 Å². The molecule has 13 heavy (non-hydrogen) atoms. The third-order valence-corrected chi connectivity index (χ3v) is 2.71. The fourth-order valence-electron chi connectivity index (χ4n) is 2.15. The van der Waals surface area contributed by atoms with E-state index in [0.717, 1.165) is 0 Å². The minimum atomic E-state index is -2.44. The maximum Gasteiger partial charge on any atom is 0.250 e. The predicted molar refractivity (Wildman–Crippen MR) is 50.1 cm³/mol. The monoisotopic (exact) mass is 191 g/mol. The molecule has 1 nitrogen and oxygen atoms in total. The maximum atomic E-state index is 13.0. The highest BCUT2D eigenvalue weighted by atomic mass is 19.3. The van der Waals surface area contributed by atoms with Gasteiger partial charge in [0, 0.05) is 31.0 Å². The average Bonchev–Trinajstić information content (AvgIpc) is 1.80. The first-order chi connectivity index (χ1) is 5.72. The number of halogens is 2. The fourth-order valence-corrected chi connectivity index (χ4v) is 2.15. The second-order valence-corrected chi connectivity index (χ2v) is 5.02. The molecular weight excluding hydrogens is 172 g/mol. The SMILES string of the molecule is C[C@@H]1CC(F)(F)CCN1C(C)(C)C. The van der Waals surface area contributed by atoms with E-state index in [1.54, 1.807) is 0 Å². The van der Waals surface area contributed by atoms with Gasteiger partial charge in [0.15, 0.2) is 0 Å². The first-order valence-electron chi connectivity index (χ1n) is 4.87. The number of rotatable bonds is 0. The average molecular weight is 191 g/mol. The summed E-state index contributed by atoms with van der Waals surface area (Å²) in [6.45, 7) is 8.63. The van der Waals surface area contributed by atoms with Crippen molar-refractivity contribution in [3.05, 3.63) is 0 Å². The van der Waals surface area contributed by atoms with Crippen LogP contribution in [0.2, 0.25) is 0 Å². The van der Waals surface area contributed by atoms with Crippen molar-refractivity contribution in [1.82, 2.24) is 4.90 Å².